The molecular formula is C16H26N2O. The molecule has 3 heteroatoms. The number of unbranched alkanes of at least 4 members (excludes halogenated alkanes) is 2. The number of carbonyl (C=O) groups excluding carboxylic acids is 1. The van der Waals surface area contributed by atoms with Gasteiger partial charge in [-0.1, -0.05) is 38.3 Å². The lowest BCUT2D eigenvalue weighted by atomic mass is 10.1. The van der Waals surface area contributed by atoms with E-state index in [0.717, 1.165) is 44.3 Å². The van der Waals surface area contributed by atoms with E-state index in [1.165, 1.54) is 0 Å². The van der Waals surface area contributed by atoms with Gasteiger partial charge in [-0.25, -0.2) is 0 Å². The number of aryl methyl sites for hydroxylation is 1. The van der Waals surface area contributed by atoms with E-state index in [4.69, 9.17) is 5.73 Å². The van der Waals surface area contributed by atoms with Crippen molar-refractivity contribution in [3.05, 3.63) is 29.3 Å². The summed E-state index contributed by atoms with van der Waals surface area (Å²) in [7, 11) is 0. The molecule has 0 aliphatic carbocycles. The summed E-state index contributed by atoms with van der Waals surface area (Å²) >= 11 is 0. The molecule has 0 saturated heterocycles. The molecule has 1 amide bonds. The van der Waals surface area contributed by atoms with E-state index in [9.17, 15) is 4.79 Å². The Morgan fingerprint density at radius 3 is 2.26 bits per heavy atom. The van der Waals surface area contributed by atoms with Crippen LogP contribution in [0.5, 0.6) is 0 Å². The maximum absolute atomic E-state index is 12.6. The summed E-state index contributed by atoms with van der Waals surface area (Å²) in [5.41, 5.74) is 8.23. The van der Waals surface area contributed by atoms with Crippen molar-refractivity contribution in [2.45, 2.75) is 46.5 Å². The number of nitrogens with zero attached hydrogens (tertiary/aromatic N) is 1. The van der Waals surface area contributed by atoms with E-state index in [0.29, 0.717) is 11.3 Å². The van der Waals surface area contributed by atoms with Crippen molar-refractivity contribution in [2.75, 3.05) is 18.8 Å². The van der Waals surface area contributed by atoms with Gasteiger partial charge in [0.05, 0.1) is 5.56 Å². The van der Waals surface area contributed by atoms with Crippen LogP contribution < -0.4 is 5.73 Å². The molecule has 0 saturated carbocycles. The van der Waals surface area contributed by atoms with Gasteiger partial charge in [0.2, 0.25) is 0 Å². The predicted octanol–water partition coefficient (Wildman–Crippen LogP) is 3.62. The van der Waals surface area contributed by atoms with Gasteiger partial charge in [0.1, 0.15) is 0 Å². The molecule has 0 spiro atoms. The van der Waals surface area contributed by atoms with Crippen molar-refractivity contribution >= 4 is 11.6 Å². The fourth-order valence-electron chi connectivity index (χ4n) is 2.04. The molecule has 1 aromatic rings. The molecule has 19 heavy (non-hydrogen) atoms. The lowest BCUT2D eigenvalue weighted by Gasteiger charge is -2.23. The number of anilines is 1. The number of hydrogen-bond acceptors (Lipinski definition) is 2. The van der Waals surface area contributed by atoms with E-state index in [1.54, 1.807) is 0 Å². The van der Waals surface area contributed by atoms with Gasteiger partial charge in [-0.05, 0) is 31.9 Å². The third-order valence-electron chi connectivity index (χ3n) is 3.29. The average molecular weight is 262 g/mol. The quantitative estimate of drug-likeness (QED) is 0.763. The van der Waals surface area contributed by atoms with Crippen LogP contribution >= 0.6 is 0 Å². The van der Waals surface area contributed by atoms with Crippen LogP contribution in [0, 0.1) is 6.92 Å². The molecule has 0 aliphatic rings. The molecule has 0 atom stereocenters. The minimum atomic E-state index is 0.0723. The molecule has 0 aromatic heterocycles. The van der Waals surface area contributed by atoms with Gasteiger partial charge in [-0.3, -0.25) is 4.79 Å². The Labute approximate surface area is 116 Å². The van der Waals surface area contributed by atoms with Crippen LogP contribution in [0.25, 0.3) is 0 Å². The summed E-state index contributed by atoms with van der Waals surface area (Å²) in [6.45, 7) is 7.91. The first-order chi connectivity index (χ1) is 9.10. The highest BCUT2D eigenvalue weighted by Crippen LogP contribution is 2.17. The molecule has 3 nitrogen and oxygen atoms in total. The molecule has 0 unspecified atom stereocenters. The number of amides is 1. The third kappa shape index (κ3) is 4.58. The van der Waals surface area contributed by atoms with Crippen molar-refractivity contribution in [1.29, 1.82) is 0 Å². The molecule has 1 rings (SSSR count). The number of rotatable bonds is 7. The number of nitrogen functional groups attached to an aromatic ring is 1. The molecule has 0 radical (unpaired) electrons. The fourth-order valence-corrected chi connectivity index (χ4v) is 2.04. The van der Waals surface area contributed by atoms with Crippen LogP contribution in [0.2, 0.25) is 0 Å². The average Bonchev–Trinajstić information content (AvgIpc) is 2.41. The molecule has 2 N–H and O–H groups in total. The van der Waals surface area contributed by atoms with E-state index < -0.39 is 0 Å². The second-order valence-electron chi connectivity index (χ2n) is 5.09. The molecule has 0 bridgehead atoms. The highest BCUT2D eigenvalue weighted by Gasteiger charge is 2.17. The summed E-state index contributed by atoms with van der Waals surface area (Å²) in [6, 6.07) is 5.65. The van der Waals surface area contributed by atoms with E-state index in [1.807, 2.05) is 30.0 Å². The monoisotopic (exact) mass is 262 g/mol. The zero-order valence-electron chi connectivity index (χ0n) is 12.4. The first-order valence-corrected chi connectivity index (χ1v) is 7.25. The number of nitrogens with two attached hydrogens (primary N) is 1. The summed E-state index contributed by atoms with van der Waals surface area (Å²) in [5.74, 6) is 0.0723. The second kappa shape index (κ2) is 7.82. The van der Waals surface area contributed by atoms with E-state index in [2.05, 4.69) is 13.8 Å². The van der Waals surface area contributed by atoms with Crippen LogP contribution in [0.1, 0.15) is 55.5 Å². The van der Waals surface area contributed by atoms with Crippen LogP contribution in [0.4, 0.5) is 5.69 Å². The zero-order valence-corrected chi connectivity index (χ0v) is 12.4. The highest BCUT2D eigenvalue weighted by molar-refractivity contribution is 5.99. The Kier molecular flexibility index (Phi) is 6.40. The summed E-state index contributed by atoms with van der Waals surface area (Å²) in [6.07, 6.45) is 4.28. The lowest BCUT2D eigenvalue weighted by molar-refractivity contribution is 0.0752. The van der Waals surface area contributed by atoms with Crippen molar-refractivity contribution in [2.24, 2.45) is 0 Å². The van der Waals surface area contributed by atoms with Crippen LogP contribution in [-0.2, 0) is 0 Å². The Morgan fingerprint density at radius 1 is 1.16 bits per heavy atom. The van der Waals surface area contributed by atoms with Gasteiger partial charge in [0, 0.05) is 18.8 Å². The number of benzene rings is 1. The van der Waals surface area contributed by atoms with Gasteiger partial charge in [0.25, 0.3) is 5.91 Å². The summed E-state index contributed by atoms with van der Waals surface area (Å²) in [5, 5.41) is 0. The van der Waals surface area contributed by atoms with Gasteiger partial charge in [-0.15, -0.1) is 0 Å². The third-order valence-corrected chi connectivity index (χ3v) is 3.29. The fraction of sp³-hybridized carbons (Fsp3) is 0.562. The van der Waals surface area contributed by atoms with Gasteiger partial charge in [0.15, 0.2) is 0 Å². The smallest absolute Gasteiger partial charge is 0.255 e. The minimum absolute atomic E-state index is 0.0723. The van der Waals surface area contributed by atoms with Crippen LogP contribution in [0.3, 0.4) is 0 Å². The first kappa shape index (κ1) is 15.5. The van der Waals surface area contributed by atoms with Gasteiger partial charge < -0.3 is 10.6 Å². The predicted molar refractivity (Wildman–Crippen MR) is 81.3 cm³/mol. The van der Waals surface area contributed by atoms with Crippen molar-refractivity contribution in [3.8, 4) is 0 Å². The highest BCUT2D eigenvalue weighted by atomic mass is 16.2. The van der Waals surface area contributed by atoms with Crippen LogP contribution in [-0.4, -0.2) is 23.9 Å². The number of carbonyl (C=O) groups is 1. The summed E-state index contributed by atoms with van der Waals surface area (Å²) < 4.78 is 0. The second-order valence-corrected chi connectivity index (χ2v) is 5.09. The Bertz CT molecular complexity index is 407. The Balaban J connectivity index is 2.87. The van der Waals surface area contributed by atoms with E-state index in [-0.39, 0.29) is 5.91 Å². The largest absolute Gasteiger partial charge is 0.398 e. The van der Waals surface area contributed by atoms with Gasteiger partial charge in [-0.2, -0.15) is 0 Å². The minimum Gasteiger partial charge on any atom is -0.398 e. The maximum atomic E-state index is 12.6. The SMILES string of the molecule is CCCCN(CCCC)C(=O)c1cc(C)ccc1N. The van der Waals surface area contributed by atoms with Crippen LogP contribution in [0.15, 0.2) is 18.2 Å². The van der Waals surface area contributed by atoms with Crippen molar-refractivity contribution in [3.63, 3.8) is 0 Å². The number of hydrogen-bond donors (Lipinski definition) is 1. The standard InChI is InChI=1S/C16H26N2O/c1-4-6-10-18(11-7-5-2)16(19)14-12-13(3)8-9-15(14)17/h8-9,12H,4-7,10-11,17H2,1-3H3. The van der Waals surface area contributed by atoms with Crippen molar-refractivity contribution < 1.29 is 4.79 Å². The molecule has 0 fully saturated rings. The molecule has 1 aromatic carbocycles. The normalized spacial score (nSPS) is 10.5. The lowest BCUT2D eigenvalue weighted by Crippen LogP contribution is -2.33. The summed E-state index contributed by atoms with van der Waals surface area (Å²) in [4.78, 5) is 14.5. The Morgan fingerprint density at radius 2 is 1.74 bits per heavy atom. The van der Waals surface area contributed by atoms with E-state index >= 15 is 0 Å². The topological polar surface area (TPSA) is 46.3 Å². The molecule has 106 valence electrons. The Hall–Kier alpha value is -1.51. The molecular weight excluding hydrogens is 236 g/mol. The zero-order chi connectivity index (χ0) is 14.3. The van der Waals surface area contributed by atoms with Crippen molar-refractivity contribution in [1.82, 2.24) is 4.90 Å². The molecule has 0 aliphatic heterocycles. The first-order valence-electron chi connectivity index (χ1n) is 7.25. The molecule has 0 heterocycles. The van der Waals surface area contributed by atoms with Gasteiger partial charge >= 0.3 is 0 Å². The maximum Gasteiger partial charge on any atom is 0.255 e.